The maximum absolute atomic E-state index is 13.3. The van der Waals surface area contributed by atoms with Gasteiger partial charge in [-0.3, -0.25) is 14.6 Å². The Morgan fingerprint density at radius 1 is 0.962 bits per heavy atom. The van der Waals surface area contributed by atoms with Crippen molar-refractivity contribution in [1.82, 2.24) is 10.0 Å². The Labute approximate surface area is 156 Å². The highest BCUT2D eigenvalue weighted by molar-refractivity contribution is 6.01. The number of hydrogen-bond acceptors (Lipinski definition) is 3. The van der Waals surface area contributed by atoms with Gasteiger partial charge in [0, 0.05) is 30.8 Å². The number of amides is 1. The molecule has 0 aliphatic carbocycles. The molecular formula is C22H28N2O2. The normalized spacial score (nSPS) is 20.3. The van der Waals surface area contributed by atoms with E-state index in [0.717, 1.165) is 54.6 Å². The van der Waals surface area contributed by atoms with Gasteiger partial charge in [0.25, 0.3) is 5.91 Å². The van der Waals surface area contributed by atoms with Gasteiger partial charge in [-0.1, -0.05) is 36.3 Å². The largest absolute Gasteiger partial charge is 0.298 e. The lowest BCUT2D eigenvalue weighted by Crippen LogP contribution is -2.51. The summed E-state index contributed by atoms with van der Waals surface area (Å²) in [5.41, 5.74) is 5.87. The summed E-state index contributed by atoms with van der Waals surface area (Å²) in [6, 6.07) is 7.55. The Morgan fingerprint density at radius 2 is 1.62 bits per heavy atom. The molecular weight excluding hydrogens is 324 g/mol. The topological polar surface area (TPSA) is 40.6 Å². The molecule has 1 amide bonds. The summed E-state index contributed by atoms with van der Waals surface area (Å²) >= 11 is 0. The van der Waals surface area contributed by atoms with Crippen LogP contribution in [-0.2, 0) is 4.79 Å². The molecule has 0 radical (unpaired) electrons. The number of allylic oxidation sites excluding steroid dienone is 1. The van der Waals surface area contributed by atoms with E-state index >= 15 is 0 Å². The Morgan fingerprint density at radius 3 is 2.23 bits per heavy atom. The monoisotopic (exact) mass is 352 g/mol. The minimum Gasteiger partial charge on any atom is -0.298 e. The van der Waals surface area contributed by atoms with Crippen LogP contribution in [0.4, 0.5) is 0 Å². The zero-order chi connectivity index (χ0) is 18.7. The van der Waals surface area contributed by atoms with Gasteiger partial charge in [-0.2, -0.15) is 0 Å². The maximum atomic E-state index is 13.3. The Hall–Kier alpha value is -2.20. The van der Waals surface area contributed by atoms with Gasteiger partial charge in [-0.05, 0) is 56.7 Å². The molecule has 1 aromatic rings. The molecule has 0 aromatic heterocycles. The number of rotatable bonds is 4. The minimum atomic E-state index is 0.136. The van der Waals surface area contributed by atoms with Crippen LogP contribution in [0.25, 0.3) is 5.57 Å². The van der Waals surface area contributed by atoms with Gasteiger partial charge in [0.05, 0.1) is 0 Å². The SMILES string of the molecule is CC1=C(/C(C)=C(\C)c2ccc(C=O)cc2)C(=O)N(N2CCCCC2)CC1. The number of piperidine rings is 1. The highest BCUT2D eigenvalue weighted by Crippen LogP contribution is 2.31. The summed E-state index contributed by atoms with van der Waals surface area (Å²) in [6.45, 7) is 8.92. The smallest absolute Gasteiger partial charge is 0.268 e. The molecule has 0 N–H and O–H groups in total. The van der Waals surface area contributed by atoms with E-state index in [2.05, 4.69) is 18.9 Å². The van der Waals surface area contributed by atoms with Crippen molar-refractivity contribution >= 4 is 17.8 Å². The molecule has 26 heavy (non-hydrogen) atoms. The second-order valence-corrected chi connectivity index (χ2v) is 7.34. The predicted molar refractivity (Wildman–Crippen MR) is 105 cm³/mol. The molecule has 0 atom stereocenters. The van der Waals surface area contributed by atoms with Crippen LogP contribution in [0.15, 0.2) is 41.0 Å². The molecule has 138 valence electrons. The number of carbonyl (C=O) groups is 2. The summed E-state index contributed by atoms with van der Waals surface area (Å²) < 4.78 is 0. The van der Waals surface area contributed by atoms with E-state index in [-0.39, 0.29) is 5.91 Å². The molecule has 0 saturated carbocycles. The van der Waals surface area contributed by atoms with Crippen molar-refractivity contribution in [2.75, 3.05) is 19.6 Å². The van der Waals surface area contributed by atoms with Crippen LogP contribution in [0, 0.1) is 0 Å². The van der Waals surface area contributed by atoms with E-state index in [1.165, 1.54) is 24.8 Å². The Bertz CT molecular complexity index is 753. The van der Waals surface area contributed by atoms with E-state index in [1.807, 2.05) is 36.2 Å². The third-order valence-electron chi connectivity index (χ3n) is 5.66. The molecule has 0 spiro atoms. The quantitative estimate of drug-likeness (QED) is 0.761. The van der Waals surface area contributed by atoms with Crippen molar-refractivity contribution < 1.29 is 9.59 Å². The first kappa shape index (κ1) is 18.6. The van der Waals surface area contributed by atoms with Gasteiger partial charge in [0.15, 0.2) is 0 Å². The molecule has 3 rings (SSSR count). The molecule has 2 heterocycles. The molecule has 1 aromatic carbocycles. The molecule has 2 aliphatic heterocycles. The zero-order valence-corrected chi connectivity index (χ0v) is 16.0. The van der Waals surface area contributed by atoms with Gasteiger partial charge in [0.1, 0.15) is 6.29 Å². The van der Waals surface area contributed by atoms with Crippen molar-refractivity contribution in [1.29, 1.82) is 0 Å². The van der Waals surface area contributed by atoms with Gasteiger partial charge in [-0.15, -0.1) is 0 Å². The van der Waals surface area contributed by atoms with E-state index in [0.29, 0.717) is 5.56 Å². The third-order valence-corrected chi connectivity index (χ3v) is 5.66. The van der Waals surface area contributed by atoms with Crippen LogP contribution >= 0.6 is 0 Å². The molecule has 4 nitrogen and oxygen atoms in total. The third kappa shape index (κ3) is 3.65. The molecule has 1 saturated heterocycles. The van der Waals surface area contributed by atoms with Crippen LogP contribution in [0.5, 0.6) is 0 Å². The van der Waals surface area contributed by atoms with Gasteiger partial charge in [-0.25, -0.2) is 5.01 Å². The lowest BCUT2D eigenvalue weighted by atomic mass is 9.90. The van der Waals surface area contributed by atoms with E-state index in [4.69, 9.17) is 0 Å². The lowest BCUT2D eigenvalue weighted by molar-refractivity contribution is -0.147. The summed E-state index contributed by atoms with van der Waals surface area (Å²) in [5, 5.41) is 4.20. The average molecular weight is 352 g/mol. The molecule has 0 bridgehead atoms. The standard InChI is InChI=1S/C22H28N2O2/c1-16-11-14-24(23-12-5-4-6-13-23)22(26)21(16)18(3)17(2)20-9-7-19(15-25)8-10-20/h7-10,15H,4-6,11-14H2,1-3H3/b18-17+. The molecule has 2 aliphatic rings. The summed E-state index contributed by atoms with van der Waals surface area (Å²) in [5.74, 6) is 0.136. The molecule has 1 fully saturated rings. The second-order valence-electron chi connectivity index (χ2n) is 7.34. The summed E-state index contributed by atoms with van der Waals surface area (Å²) in [7, 11) is 0. The Kier molecular flexibility index (Phi) is 5.72. The zero-order valence-electron chi connectivity index (χ0n) is 16.0. The first-order chi connectivity index (χ1) is 12.5. The van der Waals surface area contributed by atoms with Crippen LogP contribution in [-0.4, -0.2) is 41.8 Å². The van der Waals surface area contributed by atoms with Gasteiger partial charge >= 0.3 is 0 Å². The van der Waals surface area contributed by atoms with E-state index in [9.17, 15) is 9.59 Å². The van der Waals surface area contributed by atoms with Crippen molar-refractivity contribution in [3.05, 3.63) is 52.1 Å². The minimum absolute atomic E-state index is 0.136. The number of benzene rings is 1. The lowest BCUT2D eigenvalue weighted by Gasteiger charge is -2.40. The fourth-order valence-corrected chi connectivity index (χ4v) is 3.90. The summed E-state index contributed by atoms with van der Waals surface area (Å²) in [6.07, 6.45) is 5.36. The number of aldehydes is 1. The van der Waals surface area contributed by atoms with Crippen molar-refractivity contribution in [3.63, 3.8) is 0 Å². The van der Waals surface area contributed by atoms with Gasteiger partial charge < -0.3 is 0 Å². The number of hydrazine groups is 1. The average Bonchev–Trinajstić information content (AvgIpc) is 2.68. The van der Waals surface area contributed by atoms with Crippen molar-refractivity contribution in [2.45, 2.75) is 46.5 Å². The van der Waals surface area contributed by atoms with E-state index in [1.54, 1.807) is 0 Å². The highest BCUT2D eigenvalue weighted by Gasteiger charge is 2.31. The van der Waals surface area contributed by atoms with Crippen molar-refractivity contribution in [2.24, 2.45) is 0 Å². The highest BCUT2D eigenvalue weighted by atomic mass is 16.2. The maximum Gasteiger partial charge on any atom is 0.268 e. The number of hydrogen-bond donors (Lipinski definition) is 0. The molecule has 0 unspecified atom stereocenters. The van der Waals surface area contributed by atoms with Crippen LogP contribution in [0.1, 0.15) is 62.4 Å². The fraction of sp³-hybridized carbons (Fsp3) is 0.455. The summed E-state index contributed by atoms with van der Waals surface area (Å²) in [4.78, 5) is 24.1. The van der Waals surface area contributed by atoms with Crippen LogP contribution in [0.2, 0.25) is 0 Å². The number of nitrogens with zero attached hydrogens (tertiary/aromatic N) is 2. The Balaban J connectivity index is 1.91. The first-order valence-electron chi connectivity index (χ1n) is 9.53. The number of carbonyl (C=O) groups excluding carboxylic acids is 2. The first-order valence-corrected chi connectivity index (χ1v) is 9.53. The second kappa shape index (κ2) is 8.00. The molecule has 4 heteroatoms. The van der Waals surface area contributed by atoms with Crippen molar-refractivity contribution in [3.8, 4) is 0 Å². The van der Waals surface area contributed by atoms with Crippen LogP contribution in [0.3, 0.4) is 0 Å². The fourth-order valence-electron chi connectivity index (χ4n) is 3.90. The van der Waals surface area contributed by atoms with Gasteiger partial charge in [0.2, 0.25) is 0 Å². The van der Waals surface area contributed by atoms with Crippen LogP contribution < -0.4 is 0 Å². The van der Waals surface area contributed by atoms with E-state index < -0.39 is 0 Å². The predicted octanol–water partition coefficient (Wildman–Crippen LogP) is 4.24.